The molecule has 0 fully saturated rings. The van der Waals surface area contributed by atoms with Gasteiger partial charge in [-0.3, -0.25) is 14.2 Å². The second-order valence-corrected chi connectivity index (χ2v) is 24.3. The molecule has 0 aliphatic heterocycles. The third-order valence-corrected chi connectivity index (χ3v) is 15.1. The number of carbonyl (C=O) groups is 2. The van der Waals surface area contributed by atoms with E-state index in [2.05, 4.69) is 86.8 Å². The third-order valence-electron chi connectivity index (χ3n) is 14.1. The van der Waals surface area contributed by atoms with Crippen LogP contribution in [0, 0.1) is 0 Å². The Bertz CT molecular complexity index is 1550. The van der Waals surface area contributed by atoms with E-state index < -0.39 is 26.6 Å². The number of quaternary nitrogens is 1. The molecule has 0 heterocycles. The van der Waals surface area contributed by atoms with Gasteiger partial charge < -0.3 is 28.5 Å². The van der Waals surface area contributed by atoms with Crippen LogP contribution in [0.4, 0.5) is 0 Å². The first-order valence-electron chi connectivity index (χ1n) is 32.2. The van der Waals surface area contributed by atoms with E-state index in [4.69, 9.17) is 13.8 Å². The van der Waals surface area contributed by atoms with Crippen molar-refractivity contribution in [3.05, 3.63) is 72.9 Å². The molecule has 0 saturated heterocycles. The van der Waals surface area contributed by atoms with Gasteiger partial charge in [0.05, 0.1) is 33.8 Å². The molecule has 0 aliphatic rings. The fourth-order valence-electron chi connectivity index (χ4n) is 9.09. The number of amides is 1. The number of rotatable bonds is 58. The lowest BCUT2D eigenvalue weighted by Gasteiger charge is -2.30. The van der Waals surface area contributed by atoms with Gasteiger partial charge in [0.25, 0.3) is 7.82 Å². The van der Waals surface area contributed by atoms with Crippen LogP contribution in [0.15, 0.2) is 72.9 Å². The van der Waals surface area contributed by atoms with Crippen molar-refractivity contribution in [3.63, 3.8) is 0 Å². The average Bonchev–Trinajstić information content (AvgIpc) is 3.39. The first kappa shape index (κ1) is 74.5. The summed E-state index contributed by atoms with van der Waals surface area (Å²) < 4.78 is 30.3. The molecule has 1 N–H and O–H groups in total. The molecule has 0 bridgehead atoms. The van der Waals surface area contributed by atoms with E-state index in [-0.39, 0.29) is 24.9 Å². The van der Waals surface area contributed by atoms with Crippen molar-refractivity contribution < 1.29 is 37.3 Å². The lowest BCUT2D eigenvalue weighted by atomic mass is 10.0. The Labute approximate surface area is 476 Å². The molecule has 0 saturated carbocycles. The molecule has 0 spiro atoms. The molecule has 0 aliphatic carbocycles. The van der Waals surface area contributed by atoms with Gasteiger partial charge in [-0.05, 0) is 102 Å². The monoisotopic (exact) mass is 1100 g/mol. The summed E-state index contributed by atoms with van der Waals surface area (Å²) in [4.78, 5) is 40.0. The zero-order valence-corrected chi connectivity index (χ0v) is 52.0. The number of hydrogen-bond acceptors (Lipinski definition) is 7. The quantitative estimate of drug-likeness (QED) is 0.0212. The Morgan fingerprint density at radius 2 is 0.792 bits per heavy atom. The summed E-state index contributed by atoms with van der Waals surface area (Å²) in [6, 6.07) is -0.905. The first-order chi connectivity index (χ1) is 37.4. The number of phosphoric acid groups is 1. The minimum atomic E-state index is -4.71. The van der Waals surface area contributed by atoms with Crippen molar-refractivity contribution >= 4 is 19.7 Å². The SMILES string of the molecule is CCCCC/C=C\C/C=C\C/C=C\C/C=C\CCCCCC(=O)OC(/C=C/CCCCCCCCCCCCC)C(COP(=O)([O-])OCC[N+](C)(C)C)NC(=O)CCCCCCCCCCC/C=C/CCCCCCCC. The topological polar surface area (TPSA) is 114 Å². The van der Waals surface area contributed by atoms with Crippen molar-refractivity contribution in [1.29, 1.82) is 0 Å². The maximum atomic E-state index is 13.6. The highest BCUT2D eigenvalue weighted by atomic mass is 31.2. The Hall–Kier alpha value is -2.55. The highest BCUT2D eigenvalue weighted by Crippen LogP contribution is 2.38. The maximum absolute atomic E-state index is 13.6. The van der Waals surface area contributed by atoms with Crippen molar-refractivity contribution in [2.75, 3.05) is 40.9 Å². The lowest BCUT2D eigenvalue weighted by Crippen LogP contribution is -2.47. The Morgan fingerprint density at radius 3 is 1.23 bits per heavy atom. The van der Waals surface area contributed by atoms with E-state index in [1.54, 1.807) is 0 Å². The molecule has 3 unspecified atom stereocenters. The number of likely N-dealkylation sites (N-methyl/N-ethyl adjacent to an activating group) is 1. The van der Waals surface area contributed by atoms with Gasteiger partial charge in [0.1, 0.15) is 19.3 Å². The maximum Gasteiger partial charge on any atom is 0.306 e. The summed E-state index contributed by atoms with van der Waals surface area (Å²) in [6.07, 6.45) is 72.9. The Morgan fingerprint density at radius 1 is 0.455 bits per heavy atom. The number of unbranched alkanes of at least 4 members (excludes halogenated alkanes) is 32. The fourth-order valence-corrected chi connectivity index (χ4v) is 9.81. The van der Waals surface area contributed by atoms with Crippen LogP contribution in [0.5, 0.6) is 0 Å². The highest BCUT2D eigenvalue weighted by Gasteiger charge is 2.27. The molecule has 77 heavy (non-hydrogen) atoms. The van der Waals surface area contributed by atoms with E-state index in [0.29, 0.717) is 23.9 Å². The van der Waals surface area contributed by atoms with E-state index in [0.717, 1.165) is 83.5 Å². The summed E-state index contributed by atoms with van der Waals surface area (Å²) in [6.45, 7) is 6.81. The van der Waals surface area contributed by atoms with Crippen molar-refractivity contribution in [2.24, 2.45) is 0 Å². The van der Waals surface area contributed by atoms with E-state index >= 15 is 0 Å². The summed E-state index contributed by atoms with van der Waals surface area (Å²) >= 11 is 0. The van der Waals surface area contributed by atoms with Crippen molar-refractivity contribution in [2.45, 2.75) is 303 Å². The summed E-state index contributed by atoms with van der Waals surface area (Å²) in [5, 5.41) is 3.03. The molecule has 448 valence electrons. The number of ether oxygens (including phenoxy) is 1. The molecule has 9 nitrogen and oxygen atoms in total. The van der Waals surface area contributed by atoms with Crippen molar-refractivity contribution in [3.8, 4) is 0 Å². The van der Waals surface area contributed by atoms with Gasteiger partial charge in [-0.2, -0.15) is 0 Å². The molecule has 0 aromatic rings. The molecule has 0 aromatic heterocycles. The number of carbonyl (C=O) groups excluding carboxylic acids is 2. The van der Waals surface area contributed by atoms with Gasteiger partial charge in [0, 0.05) is 12.8 Å². The number of nitrogens with zero attached hydrogens (tertiary/aromatic N) is 1. The van der Waals surface area contributed by atoms with Gasteiger partial charge in [0.15, 0.2) is 0 Å². The molecule has 10 heteroatoms. The first-order valence-corrected chi connectivity index (χ1v) is 33.7. The number of esters is 1. The van der Waals surface area contributed by atoms with Crippen LogP contribution in [-0.2, 0) is 27.9 Å². The van der Waals surface area contributed by atoms with Gasteiger partial charge in [-0.1, -0.05) is 248 Å². The van der Waals surface area contributed by atoms with Gasteiger partial charge >= 0.3 is 5.97 Å². The highest BCUT2D eigenvalue weighted by molar-refractivity contribution is 7.45. The molecular formula is C67H123N2O7P. The Kier molecular flexibility index (Phi) is 54.8. The molecule has 0 radical (unpaired) electrons. The average molecular weight is 1100 g/mol. The number of allylic oxidation sites excluding steroid dienone is 11. The molecule has 3 atom stereocenters. The number of nitrogens with one attached hydrogen (secondary N) is 1. The standard InChI is InChI=1S/C67H123N2O7P/c1-7-10-13-16-19-22-25-28-30-32-34-36-38-41-44-47-50-53-56-59-66(70)68-64(63-75-77(72,73)74-62-61-69(4,5)6)65(58-55-52-49-46-43-40-27-24-21-18-15-12-9-3)76-67(71)60-57-54-51-48-45-42-39-37-35-33-31-29-26-23-20-17-14-11-8-2/h20,23,28-31,35,37,42,45,55,58,64-65H,7-19,21-22,24-27,32-34,36,38-41,43-44,46-54,56-57,59-63H2,1-6H3,(H-,68,70,72,73)/b23-20-,30-28+,31-29-,37-35-,45-42-,58-55+. The zero-order chi connectivity index (χ0) is 56.4. The largest absolute Gasteiger partial charge is 0.756 e. The van der Waals surface area contributed by atoms with Crippen LogP contribution in [0.3, 0.4) is 0 Å². The fraction of sp³-hybridized carbons (Fsp3) is 0.791. The van der Waals surface area contributed by atoms with E-state index in [1.165, 1.54) is 167 Å². The molecule has 0 rings (SSSR count). The number of hydrogen-bond donors (Lipinski definition) is 1. The van der Waals surface area contributed by atoms with Crippen LogP contribution in [0.2, 0.25) is 0 Å². The van der Waals surface area contributed by atoms with E-state index in [9.17, 15) is 19.0 Å². The van der Waals surface area contributed by atoms with Gasteiger partial charge in [-0.15, -0.1) is 0 Å². The van der Waals surface area contributed by atoms with Crippen LogP contribution in [-0.4, -0.2) is 69.4 Å². The minimum Gasteiger partial charge on any atom is -0.756 e. The second-order valence-electron chi connectivity index (χ2n) is 22.9. The van der Waals surface area contributed by atoms with E-state index in [1.807, 2.05) is 33.3 Å². The van der Waals surface area contributed by atoms with Gasteiger partial charge in [-0.25, -0.2) is 0 Å². The summed E-state index contributed by atoms with van der Waals surface area (Å²) in [5.74, 6) is -0.575. The van der Waals surface area contributed by atoms with Crippen molar-refractivity contribution in [1.82, 2.24) is 5.32 Å². The van der Waals surface area contributed by atoms with Crippen LogP contribution in [0.1, 0.15) is 290 Å². The predicted octanol–water partition coefficient (Wildman–Crippen LogP) is 19.4. The molecule has 1 amide bonds. The second kappa shape index (κ2) is 56.7. The van der Waals surface area contributed by atoms with Crippen LogP contribution in [0.25, 0.3) is 0 Å². The normalized spacial score (nSPS) is 14.1. The summed E-state index contributed by atoms with van der Waals surface area (Å²) in [5.41, 5.74) is 0. The van der Waals surface area contributed by atoms with Crippen LogP contribution < -0.4 is 10.2 Å². The predicted molar refractivity (Wildman–Crippen MR) is 330 cm³/mol. The van der Waals surface area contributed by atoms with Gasteiger partial charge in [0.2, 0.25) is 5.91 Å². The third kappa shape index (κ3) is 57.9. The Balaban J connectivity index is 5.32. The summed E-state index contributed by atoms with van der Waals surface area (Å²) in [7, 11) is 1.16. The smallest absolute Gasteiger partial charge is 0.306 e. The number of phosphoric ester groups is 1. The molecule has 0 aromatic carbocycles. The van der Waals surface area contributed by atoms with Crippen LogP contribution >= 0.6 is 7.82 Å². The zero-order valence-electron chi connectivity index (χ0n) is 51.2. The molecular weight excluding hydrogens is 976 g/mol. The minimum absolute atomic E-state index is 0.0298. The lowest BCUT2D eigenvalue weighted by molar-refractivity contribution is -0.870.